The summed E-state index contributed by atoms with van der Waals surface area (Å²) in [5.41, 5.74) is 4.60. The van der Waals surface area contributed by atoms with Gasteiger partial charge in [-0.05, 0) is 32.1 Å². The van der Waals surface area contributed by atoms with Crippen LogP contribution in [0.15, 0.2) is 72.3 Å². The summed E-state index contributed by atoms with van der Waals surface area (Å²) in [5.74, 6) is -0.187. The van der Waals surface area contributed by atoms with Gasteiger partial charge in [-0.1, -0.05) is 77.4 Å². The Hall–Kier alpha value is -3.54. The second-order valence-corrected chi connectivity index (χ2v) is 7.52. The first-order valence-electron chi connectivity index (χ1n) is 10.7. The lowest BCUT2D eigenvalue weighted by atomic mass is 9.97. The molecule has 0 fully saturated rings. The SMILES string of the molecule is O=C(COc1nnc(-c2ccccc2)c(-c2ccccc2)n1)NCCC1=CCCCC1. The summed E-state index contributed by atoms with van der Waals surface area (Å²) in [6.07, 6.45) is 8.00. The summed E-state index contributed by atoms with van der Waals surface area (Å²) >= 11 is 0. The van der Waals surface area contributed by atoms with Crippen LogP contribution in [0.2, 0.25) is 0 Å². The van der Waals surface area contributed by atoms with Gasteiger partial charge in [-0.3, -0.25) is 4.79 Å². The number of carbonyl (C=O) groups is 1. The average molecular weight is 415 g/mol. The lowest BCUT2D eigenvalue weighted by molar-refractivity contribution is -0.123. The normalized spacial score (nSPS) is 13.4. The Morgan fingerprint density at radius 2 is 1.61 bits per heavy atom. The standard InChI is InChI=1S/C25H26N4O2/c30-22(26-17-16-19-10-4-1-5-11-19)18-31-25-27-23(20-12-6-2-7-13-20)24(28-29-25)21-14-8-3-9-15-21/h2-3,6-10,12-15H,1,4-5,11,16-18H2,(H,26,30). The molecule has 0 saturated heterocycles. The smallest absolute Gasteiger partial charge is 0.336 e. The highest BCUT2D eigenvalue weighted by Crippen LogP contribution is 2.29. The fourth-order valence-electron chi connectivity index (χ4n) is 3.64. The molecule has 2 aromatic carbocycles. The molecule has 0 bridgehead atoms. The Labute approximate surface area is 182 Å². The summed E-state index contributed by atoms with van der Waals surface area (Å²) < 4.78 is 5.55. The molecule has 0 aliphatic heterocycles. The minimum Gasteiger partial charge on any atom is -0.452 e. The van der Waals surface area contributed by atoms with Crippen LogP contribution in [0, 0.1) is 0 Å². The van der Waals surface area contributed by atoms with Crippen LogP contribution in [0.1, 0.15) is 32.1 Å². The molecule has 1 amide bonds. The highest BCUT2D eigenvalue weighted by atomic mass is 16.5. The number of allylic oxidation sites excluding steroid dienone is 1. The maximum absolute atomic E-state index is 12.2. The molecule has 0 spiro atoms. The van der Waals surface area contributed by atoms with Crippen molar-refractivity contribution in [2.75, 3.05) is 13.2 Å². The molecule has 3 aromatic rings. The van der Waals surface area contributed by atoms with E-state index in [1.54, 1.807) is 0 Å². The molecule has 0 unspecified atom stereocenters. The number of nitrogens with one attached hydrogen (secondary N) is 1. The molecular weight excluding hydrogens is 388 g/mol. The molecule has 158 valence electrons. The third-order valence-electron chi connectivity index (χ3n) is 5.25. The minimum atomic E-state index is -0.187. The summed E-state index contributed by atoms with van der Waals surface area (Å²) in [7, 11) is 0. The molecule has 1 aliphatic rings. The van der Waals surface area contributed by atoms with E-state index in [-0.39, 0.29) is 18.5 Å². The molecule has 6 nitrogen and oxygen atoms in total. The maximum atomic E-state index is 12.2. The zero-order chi connectivity index (χ0) is 21.3. The predicted molar refractivity (Wildman–Crippen MR) is 120 cm³/mol. The molecule has 4 rings (SSSR count). The number of nitrogens with zero attached hydrogens (tertiary/aromatic N) is 3. The number of rotatable bonds is 8. The van der Waals surface area contributed by atoms with Crippen LogP contribution in [0.3, 0.4) is 0 Å². The van der Waals surface area contributed by atoms with Gasteiger partial charge in [-0.15, -0.1) is 5.10 Å². The molecule has 0 radical (unpaired) electrons. The Balaban J connectivity index is 1.41. The van der Waals surface area contributed by atoms with Gasteiger partial charge in [0.05, 0.1) is 0 Å². The Morgan fingerprint density at radius 3 is 2.29 bits per heavy atom. The molecule has 0 saturated carbocycles. The molecule has 1 N–H and O–H groups in total. The first-order chi connectivity index (χ1) is 15.3. The number of carbonyl (C=O) groups excluding carboxylic acids is 1. The molecule has 1 aliphatic carbocycles. The van der Waals surface area contributed by atoms with Gasteiger partial charge in [-0.25, -0.2) is 0 Å². The van der Waals surface area contributed by atoms with Crippen molar-refractivity contribution in [1.29, 1.82) is 0 Å². The third-order valence-corrected chi connectivity index (χ3v) is 5.25. The van der Waals surface area contributed by atoms with Gasteiger partial charge in [0, 0.05) is 17.7 Å². The van der Waals surface area contributed by atoms with Gasteiger partial charge in [0.2, 0.25) is 0 Å². The number of amides is 1. The van der Waals surface area contributed by atoms with Crippen molar-refractivity contribution in [1.82, 2.24) is 20.5 Å². The monoisotopic (exact) mass is 414 g/mol. The van der Waals surface area contributed by atoms with E-state index >= 15 is 0 Å². The van der Waals surface area contributed by atoms with E-state index in [0.717, 1.165) is 30.4 Å². The molecular formula is C25H26N4O2. The van der Waals surface area contributed by atoms with Crippen LogP contribution in [0.25, 0.3) is 22.5 Å². The molecule has 1 heterocycles. The van der Waals surface area contributed by atoms with Crippen molar-refractivity contribution < 1.29 is 9.53 Å². The highest BCUT2D eigenvalue weighted by molar-refractivity contribution is 5.78. The lowest BCUT2D eigenvalue weighted by Gasteiger charge is -2.13. The molecule has 1 aromatic heterocycles. The van der Waals surface area contributed by atoms with E-state index in [1.807, 2.05) is 60.7 Å². The average Bonchev–Trinajstić information content (AvgIpc) is 2.84. The van der Waals surface area contributed by atoms with E-state index in [9.17, 15) is 4.79 Å². The number of benzene rings is 2. The van der Waals surface area contributed by atoms with E-state index < -0.39 is 0 Å². The predicted octanol–water partition coefficient (Wildman–Crippen LogP) is 4.59. The van der Waals surface area contributed by atoms with Crippen molar-refractivity contribution in [3.8, 4) is 28.5 Å². The summed E-state index contributed by atoms with van der Waals surface area (Å²) in [4.78, 5) is 16.7. The second-order valence-electron chi connectivity index (χ2n) is 7.52. The van der Waals surface area contributed by atoms with Crippen LogP contribution in [-0.4, -0.2) is 34.2 Å². The maximum Gasteiger partial charge on any atom is 0.336 e. The van der Waals surface area contributed by atoms with Gasteiger partial charge in [-0.2, -0.15) is 4.98 Å². The Morgan fingerprint density at radius 1 is 0.903 bits per heavy atom. The Kier molecular flexibility index (Phi) is 7.00. The topological polar surface area (TPSA) is 77.0 Å². The first-order valence-corrected chi connectivity index (χ1v) is 10.7. The minimum absolute atomic E-state index is 0.0867. The van der Waals surface area contributed by atoms with Crippen molar-refractivity contribution in [3.63, 3.8) is 0 Å². The van der Waals surface area contributed by atoms with Gasteiger partial charge < -0.3 is 10.1 Å². The summed E-state index contributed by atoms with van der Waals surface area (Å²) in [6, 6.07) is 19.6. The molecule has 31 heavy (non-hydrogen) atoms. The van der Waals surface area contributed by atoms with Crippen LogP contribution >= 0.6 is 0 Å². The number of hydrogen-bond donors (Lipinski definition) is 1. The number of hydrogen-bond acceptors (Lipinski definition) is 5. The highest BCUT2D eigenvalue weighted by Gasteiger charge is 2.15. The van der Waals surface area contributed by atoms with Crippen LogP contribution < -0.4 is 10.1 Å². The van der Waals surface area contributed by atoms with Crippen LogP contribution in [0.5, 0.6) is 6.01 Å². The fraction of sp³-hybridized carbons (Fsp3) is 0.280. The molecule has 0 atom stereocenters. The number of ether oxygens (including phenoxy) is 1. The third kappa shape index (κ3) is 5.75. The van der Waals surface area contributed by atoms with Gasteiger partial charge in [0.1, 0.15) is 11.4 Å². The quantitative estimate of drug-likeness (QED) is 0.546. The van der Waals surface area contributed by atoms with Gasteiger partial charge >= 0.3 is 6.01 Å². The Bertz CT molecular complexity index is 1040. The van der Waals surface area contributed by atoms with E-state index in [0.29, 0.717) is 17.9 Å². The zero-order valence-corrected chi connectivity index (χ0v) is 17.5. The van der Waals surface area contributed by atoms with Crippen molar-refractivity contribution in [2.24, 2.45) is 0 Å². The molecule has 6 heteroatoms. The van der Waals surface area contributed by atoms with Crippen molar-refractivity contribution >= 4 is 5.91 Å². The van der Waals surface area contributed by atoms with Crippen molar-refractivity contribution in [3.05, 3.63) is 72.3 Å². The number of aromatic nitrogens is 3. The van der Waals surface area contributed by atoms with Gasteiger partial charge in [0.25, 0.3) is 5.91 Å². The fourth-order valence-corrected chi connectivity index (χ4v) is 3.64. The van der Waals surface area contributed by atoms with Crippen molar-refractivity contribution in [2.45, 2.75) is 32.1 Å². The van der Waals surface area contributed by atoms with Crippen LogP contribution in [-0.2, 0) is 4.79 Å². The lowest BCUT2D eigenvalue weighted by Crippen LogP contribution is -2.30. The summed E-state index contributed by atoms with van der Waals surface area (Å²) in [5, 5.41) is 11.3. The second kappa shape index (κ2) is 10.5. The summed E-state index contributed by atoms with van der Waals surface area (Å²) in [6.45, 7) is 0.481. The largest absolute Gasteiger partial charge is 0.452 e. The van der Waals surface area contributed by atoms with E-state index in [1.165, 1.54) is 18.4 Å². The zero-order valence-electron chi connectivity index (χ0n) is 17.5. The van der Waals surface area contributed by atoms with E-state index in [2.05, 4.69) is 26.6 Å². The first kappa shape index (κ1) is 20.7. The van der Waals surface area contributed by atoms with Crippen LogP contribution in [0.4, 0.5) is 0 Å². The van der Waals surface area contributed by atoms with E-state index in [4.69, 9.17) is 4.74 Å². The van der Waals surface area contributed by atoms with Gasteiger partial charge in [0.15, 0.2) is 6.61 Å².